The monoisotopic (exact) mass is 418 g/mol. The van der Waals surface area contributed by atoms with Crippen molar-refractivity contribution in [1.29, 1.82) is 0 Å². The molecule has 0 saturated carbocycles. The minimum Gasteiger partial charge on any atom is -0.353 e. The number of rotatable bonds is 4. The van der Waals surface area contributed by atoms with E-state index in [0.29, 0.717) is 18.3 Å². The third kappa shape index (κ3) is 4.03. The van der Waals surface area contributed by atoms with Crippen LogP contribution in [0.15, 0.2) is 47.1 Å². The lowest BCUT2D eigenvalue weighted by Gasteiger charge is -2.37. The summed E-state index contributed by atoms with van der Waals surface area (Å²) in [6, 6.07) is 12.1. The fourth-order valence-electron chi connectivity index (χ4n) is 4.41. The summed E-state index contributed by atoms with van der Waals surface area (Å²) >= 11 is 0. The number of piperazine rings is 1. The summed E-state index contributed by atoms with van der Waals surface area (Å²) in [7, 11) is 0. The van der Waals surface area contributed by atoms with Crippen molar-refractivity contribution >= 4 is 17.4 Å². The van der Waals surface area contributed by atoms with Crippen molar-refractivity contribution in [1.82, 2.24) is 20.0 Å². The molecule has 2 aromatic heterocycles. The molecule has 0 spiro atoms. The van der Waals surface area contributed by atoms with Crippen molar-refractivity contribution in [3.63, 3.8) is 0 Å². The zero-order valence-electron chi connectivity index (χ0n) is 17.7. The van der Waals surface area contributed by atoms with Gasteiger partial charge in [0.05, 0.1) is 12.1 Å². The summed E-state index contributed by atoms with van der Waals surface area (Å²) in [5.41, 5.74) is 3.19. The van der Waals surface area contributed by atoms with Crippen LogP contribution in [0, 0.1) is 6.92 Å². The zero-order chi connectivity index (χ0) is 21.2. The molecule has 0 radical (unpaired) electrons. The molecule has 160 valence electrons. The number of aryl methyl sites for hydroxylation is 2. The van der Waals surface area contributed by atoms with Gasteiger partial charge >= 0.3 is 0 Å². The van der Waals surface area contributed by atoms with Crippen molar-refractivity contribution in [3.05, 3.63) is 54.0 Å². The second-order valence-corrected chi connectivity index (χ2v) is 8.06. The van der Waals surface area contributed by atoms with Gasteiger partial charge in [-0.15, -0.1) is 0 Å². The van der Waals surface area contributed by atoms with Gasteiger partial charge in [0.2, 0.25) is 5.91 Å². The molecule has 1 aromatic carbocycles. The molecular formula is C23H26N6O2. The molecule has 2 aliphatic rings. The number of fused-ring (bicyclic) bond motifs is 1. The third-order valence-corrected chi connectivity index (χ3v) is 5.99. The summed E-state index contributed by atoms with van der Waals surface area (Å²) in [5, 5.41) is 3.90. The number of nitrogens with zero attached hydrogens (tertiary/aromatic N) is 6. The molecule has 5 rings (SSSR count). The van der Waals surface area contributed by atoms with E-state index >= 15 is 0 Å². The Balaban J connectivity index is 1.24. The molecule has 31 heavy (non-hydrogen) atoms. The first kappa shape index (κ1) is 19.7. The van der Waals surface area contributed by atoms with Crippen LogP contribution < -0.4 is 9.80 Å². The van der Waals surface area contributed by atoms with Crippen molar-refractivity contribution in [2.75, 3.05) is 49.1 Å². The Bertz CT molecular complexity index is 1070. The van der Waals surface area contributed by atoms with E-state index in [1.807, 2.05) is 29.2 Å². The predicted molar refractivity (Wildman–Crippen MR) is 118 cm³/mol. The summed E-state index contributed by atoms with van der Waals surface area (Å²) in [5.74, 6) is 2.12. The van der Waals surface area contributed by atoms with Crippen LogP contribution in [0.4, 0.5) is 11.5 Å². The number of aromatic nitrogens is 3. The highest BCUT2D eigenvalue weighted by molar-refractivity contribution is 5.96. The Labute approximate surface area is 181 Å². The van der Waals surface area contributed by atoms with Gasteiger partial charge in [0.25, 0.3) is 5.89 Å². The van der Waals surface area contributed by atoms with Crippen LogP contribution in [0.5, 0.6) is 0 Å². The van der Waals surface area contributed by atoms with Crippen LogP contribution in [-0.2, 0) is 11.2 Å². The lowest BCUT2D eigenvalue weighted by atomic mass is 10.0. The maximum atomic E-state index is 13.1. The number of hydrogen-bond donors (Lipinski definition) is 0. The average Bonchev–Trinajstić information content (AvgIpc) is 3.25. The fourth-order valence-corrected chi connectivity index (χ4v) is 4.41. The van der Waals surface area contributed by atoms with Gasteiger partial charge in [0, 0.05) is 44.6 Å². The fraction of sp³-hybridized carbons (Fsp3) is 0.391. The van der Waals surface area contributed by atoms with Gasteiger partial charge in [-0.05, 0) is 43.5 Å². The van der Waals surface area contributed by atoms with Crippen molar-refractivity contribution < 1.29 is 9.32 Å². The summed E-state index contributed by atoms with van der Waals surface area (Å²) in [4.78, 5) is 28.4. The lowest BCUT2D eigenvalue weighted by molar-refractivity contribution is -0.119. The minimum atomic E-state index is 0.181. The highest BCUT2D eigenvalue weighted by Crippen LogP contribution is 2.29. The number of para-hydroxylation sites is 1. The van der Waals surface area contributed by atoms with Gasteiger partial charge in [-0.1, -0.05) is 23.4 Å². The molecule has 1 saturated heterocycles. The Morgan fingerprint density at radius 1 is 1.06 bits per heavy atom. The van der Waals surface area contributed by atoms with Gasteiger partial charge in [-0.3, -0.25) is 9.69 Å². The quantitative estimate of drug-likeness (QED) is 0.644. The van der Waals surface area contributed by atoms with Crippen LogP contribution in [0.1, 0.15) is 17.8 Å². The van der Waals surface area contributed by atoms with E-state index in [9.17, 15) is 4.79 Å². The molecular weight excluding hydrogens is 392 g/mol. The summed E-state index contributed by atoms with van der Waals surface area (Å²) < 4.78 is 5.36. The Hall–Kier alpha value is -3.26. The highest BCUT2D eigenvalue weighted by Gasteiger charge is 2.27. The molecule has 0 aliphatic carbocycles. The molecule has 2 aliphatic heterocycles. The standard InChI is InChI=1S/C23H26N6O2/c1-17-25-23(31-26-17)19-8-4-10-24-22(19)28-14-12-27(13-15-28)16-21(30)29-11-5-7-18-6-2-3-9-20(18)29/h2-4,6,8-10H,5,7,11-16H2,1H3. The van der Waals surface area contributed by atoms with E-state index in [1.165, 1.54) is 5.56 Å². The molecule has 0 bridgehead atoms. The van der Waals surface area contributed by atoms with Crippen LogP contribution >= 0.6 is 0 Å². The maximum absolute atomic E-state index is 13.1. The number of carbonyl (C=O) groups excluding carboxylic acids is 1. The number of amides is 1. The zero-order valence-corrected chi connectivity index (χ0v) is 17.7. The van der Waals surface area contributed by atoms with E-state index < -0.39 is 0 Å². The minimum absolute atomic E-state index is 0.181. The largest absolute Gasteiger partial charge is 0.353 e. The molecule has 1 fully saturated rings. The third-order valence-electron chi connectivity index (χ3n) is 5.99. The molecule has 4 heterocycles. The second kappa shape index (κ2) is 8.47. The van der Waals surface area contributed by atoms with Crippen molar-refractivity contribution in [3.8, 4) is 11.5 Å². The van der Waals surface area contributed by atoms with Gasteiger partial charge < -0.3 is 14.3 Å². The van der Waals surface area contributed by atoms with E-state index in [0.717, 1.165) is 62.6 Å². The Morgan fingerprint density at radius 3 is 2.71 bits per heavy atom. The number of carbonyl (C=O) groups is 1. The number of anilines is 2. The van der Waals surface area contributed by atoms with E-state index in [-0.39, 0.29) is 5.91 Å². The Morgan fingerprint density at radius 2 is 1.90 bits per heavy atom. The lowest BCUT2D eigenvalue weighted by Crippen LogP contribution is -2.51. The van der Waals surface area contributed by atoms with Crippen LogP contribution in [0.25, 0.3) is 11.5 Å². The van der Waals surface area contributed by atoms with Gasteiger partial charge in [-0.2, -0.15) is 4.98 Å². The van der Waals surface area contributed by atoms with Crippen LogP contribution in [0.2, 0.25) is 0 Å². The topological polar surface area (TPSA) is 78.6 Å². The first-order chi connectivity index (χ1) is 15.2. The van der Waals surface area contributed by atoms with E-state index in [2.05, 4.69) is 37.1 Å². The maximum Gasteiger partial charge on any atom is 0.261 e. The number of hydrogen-bond acceptors (Lipinski definition) is 7. The first-order valence-electron chi connectivity index (χ1n) is 10.8. The molecule has 0 atom stereocenters. The first-order valence-corrected chi connectivity index (χ1v) is 10.8. The molecule has 8 heteroatoms. The second-order valence-electron chi connectivity index (χ2n) is 8.06. The van der Waals surface area contributed by atoms with Gasteiger partial charge in [0.1, 0.15) is 5.82 Å². The number of benzene rings is 1. The SMILES string of the molecule is Cc1noc(-c2cccnc2N2CCN(CC(=O)N3CCCc4ccccc43)CC2)n1. The van der Waals surface area contributed by atoms with Crippen LogP contribution in [0.3, 0.4) is 0 Å². The molecule has 0 unspecified atom stereocenters. The molecule has 3 aromatic rings. The molecule has 8 nitrogen and oxygen atoms in total. The smallest absolute Gasteiger partial charge is 0.261 e. The molecule has 0 N–H and O–H groups in total. The predicted octanol–water partition coefficient (Wildman–Crippen LogP) is 2.54. The van der Waals surface area contributed by atoms with Gasteiger partial charge in [-0.25, -0.2) is 4.98 Å². The average molecular weight is 419 g/mol. The highest BCUT2D eigenvalue weighted by atomic mass is 16.5. The van der Waals surface area contributed by atoms with Crippen LogP contribution in [-0.4, -0.2) is 65.2 Å². The van der Waals surface area contributed by atoms with Crippen molar-refractivity contribution in [2.24, 2.45) is 0 Å². The normalized spacial score (nSPS) is 16.9. The Kier molecular flexibility index (Phi) is 5.38. The summed E-state index contributed by atoms with van der Waals surface area (Å²) in [6.07, 6.45) is 3.85. The van der Waals surface area contributed by atoms with Crippen molar-refractivity contribution in [2.45, 2.75) is 19.8 Å². The van der Waals surface area contributed by atoms with E-state index in [4.69, 9.17) is 4.52 Å². The molecule has 1 amide bonds. The number of pyridine rings is 1. The van der Waals surface area contributed by atoms with E-state index in [1.54, 1.807) is 13.1 Å². The van der Waals surface area contributed by atoms with Gasteiger partial charge in [0.15, 0.2) is 5.82 Å². The summed E-state index contributed by atoms with van der Waals surface area (Å²) in [6.45, 7) is 6.25.